The third-order valence-corrected chi connectivity index (χ3v) is 2.64. The number of aromatic nitrogens is 1. The Labute approximate surface area is 104 Å². The molecule has 2 rings (SSSR count). The number of ether oxygens (including phenoxy) is 1. The van der Waals surface area contributed by atoms with E-state index >= 15 is 0 Å². The molecule has 0 atom stereocenters. The van der Waals surface area contributed by atoms with Crippen molar-refractivity contribution >= 4 is 17.4 Å². The minimum atomic E-state index is -0.542. The Morgan fingerprint density at radius 1 is 1.67 bits per heavy atom. The molecule has 0 fully saturated rings. The molecule has 0 saturated heterocycles. The second-order valence-corrected chi connectivity index (χ2v) is 3.90. The zero-order valence-electron chi connectivity index (χ0n) is 10.3. The lowest BCUT2D eigenvalue weighted by Gasteiger charge is -2.26. The maximum Gasteiger partial charge on any atom is 0.252 e. The van der Waals surface area contributed by atoms with E-state index in [4.69, 9.17) is 4.74 Å². The highest BCUT2D eigenvalue weighted by molar-refractivity contribution is 6.01. The Morgan fingerprint density at radius 3 is 3.17 bits per heavy atom. The van der Waals surface area contributed by atoms with Crippen LogP contribution >= 0.6 is 0 Å². The quantitative estimate of drug-likeness (QED) is 0.752. The van der Waals surface area contributed by atoms with E-state index in [-0.39, 0.29) is 18.3 Å². The van der Waals surface area contributed by atoms with Gasteiger partial charge in [-0.15, -0.1) is 0 Å². The van der Waals surface area contributed by atoms with Crippen LogP contribution in [0, 0.1) is 5.82 Å². The van der Waals surface area contributed by atoms with Crippen molar-refractivity contribution in [1.29, 1.82) is 0 Å². The number of pyridine rings is 1. The summed E-state index contributed by atoms with van der Waals surface area (Å²) in [6.45, 7) is 1.04. The number of halogens is 1. The van der Waals surface area contributed by atoms with Gasteiger partial charge < -0.3 is 15.4 Å². The normalized spacial score (nSPS) is 14.2. The van der Waals surface area contributed by atoms with Crippen LogP contribution in [-0.4, -0.2) is 44.7 Å². The van der Waals surface area contributed by atoms with Crippen LogP contribution in [0.25, 0.3) is 0 Å². The SMILES string of the molecule is CNCCOc1nc2c(cc1F)NCC(=O)N2C. The average Bonchev–Trinajstić information content (AvgIpc) is 2.36. The summed E-state index contributed by atoms with van der Waals surface area (Å²) in [7, 11) is 3.38. The largest absolute Gasteiger partial charge is 0.474 e. The van der Waals surface area contributed by atoms with Crippen LogP contribution in [0.1, 0.15) is 0 Å². The number of carbonyl (C=O) groups is 1. The first-order valence-electron chi connectivity index (χ1n) is 5.62. The smallest absolute Gasteiger partial charge is 0.252 e. The van der Waals surface area contributed by atoms with Gasteiger partial charge in [-0.05, 0) is 7.05 Å². The molecule has 6 nitrogen and oxygen atoms in total. The fraction of sp³-hybridized carbons (Fsp3) is 0.455. The van der Waals surface area contributed by atoms with Gasteiger partial charge in [-0.1, -0.05) is 0 Å². The fourth-order valence-electron chi connectivity index (χ4n) is 1.61. The first kappa shape index (κ1) is 12.6. The highest BCUT2D eigenvalue weighted by Gasteiger charge is 2.24. The molecule has 7 heteroatoms. The topological polar surface area (TPSA) is 66.5 Å². The Balaban J connectivity index is 2.25. The molecule has 0 spiro atoms. The van der Waals surface area contributed by atoms with Crippen molar-refractivity contribution in [3.8, 4) is 5.88 Å². The molecule has 0 bridgehead atoms. The van der Waals surface area contributed by atoms with E-state index in [0.29, 0.717) is 24.7 Å². The van der Waals surface area contributed by atoms with Crippen molar-refractivity contribution < 1.29 is 13.9 Å². The van der Waals surface area contributed by atoms with Gasteiger partial charge in [0, 0.05) is 19.7 Å². The molecule has 0 unspecified atom stereocenters. The maximum absolute atomic E-state index is 13.7. The summed E-state index contributed by atoms with van der Waals surface area (Å²) in [6.07, 6.45) is 0. The summed E-state index contributed by atoms with van der Waals surface area (Å²) in [5.41, 5.74) is 0.496. The molecule has 0 aromatic carbocycles. The lowest BCUT2D eigenvalue weighted by molar-refractivity contribution is -0.116. The van der Waals surface area contributed by atoms with Gasteiger partial charge in [0.2, 0.25) is 5.91 Å². The molecule has 1 aromatic rings. The number of anilines is 2. The Morgan fingerprint density at radius 2 is 2.44 bits per heavy atom. The van der Waals surface area contributed by atoms with Crippen molar-refractivity contribution in [3.63, 3.8) is 0 Å². The van der Waals surface area contributed by atoms with Gasteiger partial charge in [-0.25, -0.2) is 4.39 Å². The molecule has 1 aromatic heterocycles. The summed E-state index contributed by atoms with van der Waals surface area (Å²) in [5.74, 6) is -0.373. The zero-order chi connectivity index (χ0) is 13.1. The van der Waals surface area contributed by atoms with Crippen molar-refractivity contribution in [2.24, 2.45) is 0 Å². The van der Waals surface area contributed by atoms with Gasteiger partial charge in [0.05, 0.1) is 12.2 Å². The Bertz CT molecular complexity index is 467. The first-order chi connectivity index (χ1) is 8.63. The first-order valence-corrected chi connectivity index (χ1v) is 5.62. The molecule has 1 aliphatic heterocycles. The molecule has 2 heterocycles. The van der Waals surface area contributed by atoms with Gasteiger partial charge in [0.25, 0.3) is 5.88 Å². The van der Waals surface area contributed by atoms with Gasteiger partial charge in [-0.2, -0.15) is 4.98 Å². The molecule has 1 aliphatic rings. The number of nitrogens with zero attached hydrogens (tertiary/aromatic N) is 2. The summed E-state index contributed by atoms with van der Waals surface area (Å²) < 4.78 is 18.9. The second kappa shape index (κ2) is 5.18. The summed E-state index contributed by atoms with van der Waals surface area (Å²) >= 11 is 0. The molecule has 0 radical (unpaired) electrons. The zero-order valence-corrected chi connectivity index (χ0v) is 10.3. The van der Waals surface area contributed by atoms with Crippen LogP contribution in [0.4, 0.5) is 15.9 Å². The van der Waals surface area contributed by atoms with Gasteiger partial charge in [0.15, 0.2) is 11.6 Å². The Kier molecular flexibility index (Phi) is 3.61. The molecular weight excluding hydrogens is 239 g/mol. The molecule has 1 amide bonds. The average molecular weight is 254 g/mol. The van der Waals surface area contributed by atoms with E-state index < -0.39 is 5.82 Å². The molecular formula is C11H15FN4O2. The van der Waals surface area contributed by atoms with Crippen molar-refractivity contribution in [2.45, 2.75) is 0 Å². The van der Waals surface area contributed by atoms with E-state index in [0.717, 1.165) is 0 Å². The summed E-state index contributed by atoms with van der Waals surface area (Å²) in [4.78, 5) is 16.9. The highest BCUT2D eigenvalue weighted by Crippen LogP contribution is 2.30. The number of amides is 1. The molecule has 2 N–H and O–H groups in total. The molecule has 18 heavy (non-hydrogen) atoms. The minimum Gasteiger partial charge on any atom is -0.474 e. The predicted octanol–water partition coefficient (Wildman–Crippen LogP) is 0.207. The molecule has 98 valence electrons. The van der Waals surface area contributed by atoms with Gasteiger partial charge >= 0.3 is 0 Å². The maximum atomic E-state index is 13.7. The number of fused-ring (bicyclic) bond motifs is 1. The van der Waals surface area contributed by atoms with Crippen LogP contribution in [-0.2, 0) is 4.79 Å². The number of likely N-dealkylation sites (N-methyl/N-ethyl adjacent to an activating group) is 2. The summed E-state index contributed by atoms with van der Waals surface area (Å²) in [6, 6.07) is 1.29. The number of hydrogen-bond acceptors (Lipinski definition) is 5. The molecule has 0 aliphatic carbocycles. The van der Waals surface area contributed by atoms with Gasteiger partial charge in [0.1, 0.15) is 6.61 Å². The van der Waals surface area contributed by atoms with E-state index in [2.05, 4.69) is 15.6 Å². The molecule has 0 saturated carbocycles. The highest BCUT2D eigenvalue weighted by atomic mass is 19.1. The third-order valence-electron chi connectivity index (χ3n) is 2.64. The fourth-order valence-corrected chi connectivity index (χ4v) is 1.61. The number of rotatable bonds is 4. The van der Waals surface area contributed by atoms with Crippen LogP contribution in [0.2, 0.25) is 0 Å². The number of nitrogens with one attached hydrogen (secondary N) is 2. The number of hydrogen-bond donors (Lipinski definition) is 2. The van der Waals surface area contributed by atoms with Crippen molar-refractivity contribution in [1.82, 2.24) is 10.3 Å². The lowest BCUT2D eigenvalue weighted by atomic mass is 10.3. The summed E-state index contributed by atoms with van der Waals surface area (Å²) in [5, 5.41) is 5.70. The van der Waals surface area contributed by atoms with Crippen LogP contribution in [0.3, 0.4) is 0 Å². The van der Waals surface area contributed by atoms with E-state index in [9.17, 15) is 9.18 Å². The van der Waals surface area contributed by atoms with E-state index in [1.165, 1.54) is 11.0 Å². The van der Waals surface area contributed by atoms with E-state index in [1.807, 2.05) is 0 Å². The van der Waals surface area contributed by atoms with Crippen molar-refractivity contribution in [3.05, 3.63) is 11.9 Å². The Hall–Kier alpha value is -1.89. The monoisotopic (exact) mass is 254 g/mol. The van der Waals surface area contributed by atoms with Crippen LogP contribution in [0.15, 0.2) is 6.07 Å². The standard InChI is InChI=1S/C11H15FN4O2/c1-13-3-4-18-11-7(12)5-8-10(15-11)16(2)9(17)6-14-8/h5,13-14H,3-4,6H2,1-2H3. The van der Waals surface area contributed by atoms with Crippen LogP contribution < -0.4 is 20.3 Å². The van der Waals surface area contributed by atoms with E-state index in [1.54, 1.807) is 14.1 Å². The third kappa shape index (κ3) is 2.35. The number of carbonyl (C=O) groups excluding carboxylic acids is 1. The van der Waals surface area contributed by atoms with Crippen LogP contribution in [0.5, 0.6) is 5.88 Å². The van der Waals surface area contributed by atoms with Gasteiger partial charge in [-0.3, -0.25) is 9.69 Å². The van der Waals surface area contributed by atoms with Crippen molar-refractivity contribution in [2.75, 3.05) is 44.0 Å². The predicted molar refractivity (Wildman–Crippen MR) is 65.5 cm³/mol. The minimum absolute atomic E-state index is 0.0904. The lowest BCUT2D eigenvalue weighted by Crippen LogP contribution is -2.37. The second-order valence-electron chi connectivity index (χ2n) is 3.90.